The lowest BCUT2D eigenvalue weighted by atomic mass is 9.93. The number of ether oxygens (including phenoxy) is 5. The van der Waals surface area contributed by atoms with E-state index in [2.05, 4.69) is 10.6 Å². The number of nitrogens with two attached hydrogens (primary N) is 1. The van der Waals surface area contributed by atoms with Gasteiger partial charge in [0.1, 0.15) is 36.7 Å². The van der Waals surface area contributed by atoms with Crippen molar-refractivity contribution in [2.45, 2.75) is 89.4 Å². The summed E-state index contributed by atoms with van der Waals surface area (Å²) in [7, 11) is 2.78. The number of aliphatic hydroxyl groups excluding tert-OH is 1. The molecule has 3 rings (SSSR count). The van der Waals surface area contributed by atoms with Crippen LogP contribution in [0.2, 0.25) is 5.02 Å². The largest absolute Gasteiger partial charge is 0.495 e. The highest BCUT2D eigenvalue weighted by molar-refractivity contribution is 6.32. The molecular formula is C39H51Cl2N3O11. The molecule has 1 heterocycles. The lowest BCUT2D eigenvalue weighted by molar-refractivity contribution is -0.184. The second-order valence-corrected chi connectivity index (χ2v) is 15.0. The molecular weight excluding hydrogens is 757 g/mol. The van der Waals surface area contributed by atoms with Gasteiger partial charge in [-0.15, -0.1) is 11.6 Å². The van der Waals surface area contributed by atoms with E-state index in [4.69, 9.17) is 52.6 Å². The predicted molar refractivity (Wildman–Crippen MR) is 204 cm³/mol. The second-order valence-electron chi connectivity index (χ2n) is 14.2. The van der Waals surface area contributed by atoms with Gasteiger partial charge in [-0.05, 0) is 61.1 Å². The van der Waals surface area contributed by atoms with Crippen molar-refractivity contribution < 1.29 is 52.8 Å². The summed E-state index contributed by atoms with van der Waals surface area (Å²) in [5.74, 6) is -3.11. The zero-order chi connectivity index (χ0) is 40.9. The molecule has 5 N–H and O–H groups in total. The summed E-state index contributed by atoms with van der Waals surface area (Å²) in [4.78, 5) is 65.5. The number of benzene rings is 2. The van der Waals surface area contributed by atoms with E-state index in [-0.39, 0.29) is 44.9 Å². The van der Waals surface area contributed by atoms with Crippen molar-refractivity contribution in [1.82, 2.24) is 10.6 Å². The third-order valence-corrected chi connectivity index (χ3v) is 9.59. The molecule has 0 fully saturated rings. The van der Waals surface area contributed by atoms with Crippen molar-refractivity contribution in [2.75, 3.05) is 27.3 Å². The van der Waals surface area contributed by atoms with Gasteiger partial charge in [-0.3, -0.25) is 19.2 Å². The molecule has 2 amide bonds. The molecule has 2 aromatic carbocycles. The molecule has 1 aliphatic rings. The quantitative estimate of drug-likeness (QED) is 0.130. The standard InChI is InChI=1S/C39H51Cl2N3O11/c1-22(2)16-30-37(49)54-29(35(52-6)34(47)33(41)25-13-10-23(11-14-25)20-53-32(46)19-42)8-7-9-31(45)44-27(18-24-12-15-28(51-5)26(40)17-24)36(48)43-21-39(3,4)38(50)55-30/h7,9-15,17,22,27,29-30,33-35,47H,8,16,18-21,42H2,1-6H3,(H,43,48)(H,44,45)/b9-7+/t27-,29+,30+,33+,34+,35?/m1/s1. The number of rotatable bonds is 13. The number of methoxy groups -OCH3 is 2. The summed E-state index contributed by atoms with van der Waals surface area (Å²) < 4.78 is 27.6. The van der Waals surface area contributed by atoms with Crippen molar-refractivity contribution in [3.8, 4) is 5.75 Å². The van der Waals surface area contributed by atoms with Crippen LogP contribution in [0.1, 0.15) is 62.6 Å². The van der Waals surface area contributed by atoms with E-state index in [1.165, 1.54) is 26.4 Å². The van der Waals surface area contributed by atoms with E-state index < -0.39 is 71.0 Å². The Labute approximate surface area is 331 Å². The number of hydrogen-bond acceptors (Lipinski definition) is 12. The summed E-state index contributed by atoms with van der Waals surface area (Å²) in [6.07, 6.45) is -2.70. The van der Waals surface area contributed by atoms with E-state index in [0.717, 1.165) is 0 Å². The summed E-state index contributed by atoms with van der Waals surface area (Å²) >= 11 is 13.1. The Morgan fingerprint density at radius 1 is 1.05 bits per heavy atom. The van der Waals surface area contributed by atoms with Gasteiger partial charge < -0.3 is 45.2 Å². The van der Waals surface area contributed by atoms with Gasteiger partial charge in [0.05, 0.1) is 29.5 Å². The Morgan fingerprint density at radius 2 is 1.73 bits per heavy atom. The van der Waals surface area contributed by atoms with Gasteiger partial charge in [-0.25, -0.2) is 4.79 Å². The van der Waals surface area contributed by atoms with Crippen LogP contribution in [-0.4, -0.2) is 92.6 Å². The monoisotopic (exact) mass is 807 g/mol. The van der Waals surface area contributed by atoms with Gasteiger partial charge in [0.15, 0.2) is 6.10 Å². The molecule has 6 atom stereocenters. The number of aliphatic hydroxyl groups is 1. The maximum atomic E-state index is 13.8. The van der Waals surface area contributed by atoms with Crippen molar-refractivity contribution in [3.63, 3.8) is 0 Å². The van der Waals surface area contributed by atoms with Gasteiger partial charge >= 0.3 is 17.9 Å². The Balaban J connectivity index is 1.96. The number of amides is 2. The van der Waals surface area contributed by atoms with Gasteiger partial charge in [0.25, 0.3) is 0 Å². The minimum atomic E-state index is -1.47. The molecule has 0 aliphatic carbocycles. The molecule has 0 spiro atoms. The fourth-order valence-electron chi connectivity index (χ4n) is 5.59. The molecule has 0 aromatic heterocycles. The Bertz CT molecular complexity index is 1670. The summed E-state index contributed by atoms with van der Waals surface area (Å²) in [5.41, 5.74) is 5.75. The van der Waals surface area contributed by atoms with Crippen LogP contribution < -0.4 is 21.1 Å². The molecule has 0 bridgehead atoms. The van der Waals surface area contributed by atoms with Crippen molar-refractivity contribution >= 4 is 52.9 Å². The fraction of sp³-hybridized carbons (Fsp3) is 0.513. The van der Waals surface area contributed by atoms with E-state index >= 15 is 0 Å². The van der Waals surface area contributed by atoms with E-state index in [0.29, 0.717) is 27.5 Å². The minimum Gasteiger partial charge on any atom is -0.495 e. The average molecular weight is 809 g/mol. The highest BCUT2D eigenvalue weighted by Crippen LogP contribution is 2.31. The van der Waals surface area contributed by atoms with Crippen LogP contribution in [0.5, 0.6) is 5.75 Å². The zero-order valence-electron chi connectivity index (χ0n) is 31.8. The topological polar surface area (TPSA) is 202 Å². The first-order valence-corrected chi connectivity index (χ1v) is 18.6. The van der Waals surface area contributed by atoms with E-state index in [1.807, 2.05) is 13.8 Å². The van der Waals surface area contributed by atoms with Crippen LogP contribution >= 0.6 is 23.2 Å². The van der Waals surface area contributed by atoms with Gasteiger partial charge in [0.2, 0.25) is 11.8 Å². The molecule has 0 saturated carbocycles. The predicted octanol–water partition coefficient (Wildman–Crippen LogP) is 3.71. The number of cyclic esters (lactones) is 2. The van der Waals surface area contributed by atoms with Crippen LogP contribution in [0.4, 0.5) is 0 Å². The first-order chi connectivity index (χ1) is 26.0. The van der Waals surface area contributed by atoms with E-state index in [1.54, 1.807) is 56.3 Å². The van der Waals surface area contributed by atoms with Crippen LogP contribution in [-0.2, 0) is 55.9 Å². The Morgan fingerprint density at radius 3 is 2.33 bits per heavy atom. The number of carbonyl (C=O) groups excluding carboxylic acids is 5. The number of nitrogens with one attached hydrogen (secondary N) is 2. The maximum Gasteiger partial charge on any atom is 0.347 e. The fourth-order valence-corrected chi connectivity index (χ4v) is 6.16. The number of carbonyl (C=O) groups is 5. The second kappa shape index (κ2) is 21.2. The van der Waals surface area contributed by atoms with Crippen LogP contribution in [0.15, 0.2) is 54.6 Å². The first-order valence-electron chi connectivity index (χ1n) is 17.8. The minimum absolute atomic E-state index is 0.00892. The smallest absolute Gasteiger partial charge is 0.347 e. The number of hydrogen-bond donors (Lipinski definition) is 4. The molecule has 14 nitrogen and oxygen atoms in total. The van der Waals surface area contributed by atoms with Crippen molar-refractivity contribution in [1.29, 1.82) is 0 Å². The van der Waals surface area contributed by atoms with Crippen molar-refractivity contribution in [3.05, 3.63) is 76.3 Å². The Kier molecular flexibility index (Phi) is 17.4. The number of esters is 3. The lowest BCUT2D eigenvalue weighted by Gasteiger charge is -2.33. The lowest BCUT2D eigenvalue weighted by Crippen LogP contribution is -2.51. The van der Waals surface area contributed by atoms with Crippen LogP contribution in [0, 0.1) is 11.3 Å². The molecule has 2 aromatic rings. The maximum absolute atomic E-state index is 13.8. The van der Waals surface area contributed by atoms with Crippen LogP contribution in [0.25, 0.3) is 0 Å². The molecule has 302 valence electrons. The SMILES string of the molecule is COc1ccc(C[C@H]2NC(=O)/C=C/C[C@@H](C(OC)[C@@H](O)[C@@H](Cl)c3ccc(COC(=O)CN)cc3)OC(=O)[C@H](CC(C)C)OC(=O)C(C)(C)CNC2=O)cc1Cl. The summed E-state index contributed by atoms with van der Waals surface area (Å²) in [6, 6.07) is 10.5. The normalized spacial score (nSPS) is 22.0. The van der Waals surface area contributed by atoms with Gasteiger partial charge in [-0.1, -0.05) is 61.9 Å². The number of alkyl halides is 1. The molecule has 1 unspecified atom stereocenters. The average Bonchev–Trinajstić information content (AvgIpc) is 3.14. The molecule has 1 aliphatic heterocycles. The van der Waals surface area contributed by atoms with E-state index in [9.17, 15) is 29.1 Å². The first kappa shape index (κ1) is 45.2. The molecule has 0 saturated heterocycles. The highest BCUT2D eigenvalue weighted by Gasteiger charge is 2.40. The molecule has 16 heteroatoms. The molecule has 55 heavy (non-hydrogen) atoms. The van der Waals surface area contributed by atoms with Gasteiger partial charge in [-0.2, -0.15) is 0 Å². The summed E-state index contributed by atoms with van der Waals surface area (Å²) in [5, 5.41) is 16.2. The molecule has 0 radical (unpaired) electrons. The Hall–Kier alpha value is -4.21. The summed E-state index contributed by atoms with van der Waals surface area (Å²) in [6.45, 7) is 6.34. The number of halogens is 2. The van der Waals surface area contributed by atoms with Crippen LogP contribution in [0.3, 0.4) is 0 Å². The third-order valence-electron chi connectivity index (χ3n) is 8.79. The van der Waals surface area contributed by atoms with Gasteiger partial charge in [0, 0.05) is 26.5 Å². The highest BCUT2D eigenvalue weighted by atomic mass is 35.5. The third kappa shape index (κ3) is 13.5. The van der Waals surface area contributed by atoms with Crippen molar-refractivity contribution in [2.24, 2.45) is 17.1 Å². The zero-order valence-corrected chi connectivity index (χ0v) is 33.4.